The molecular formula is C14H12Cl2F2. The van der Waals surface area contributed by atoms with E-state index in [2.05, 4.69) is 0 Å². The second-order valence-corrected chi connectivity index (χ2v) is 5.67. The molecule has 0 heterocycles. The Bertz CT molecular complexity index is 516. The highest BCUT2D eigenvalue weighted by atomic mass is 35.5. The maximum absolute atomic E-state index is 13.0. The molecule has 0 amide bonds. The Balaban J connectivity index is 2.37. The standard InChI is InChI=1S/C14H12Cl2F2/c1-10-4-2-3-5-12(10)14(15,16)11-6-8-13(17,18)9-7-11/h2-8H,9H2,1H3. The highest BCUT2D eigenvalue weighted by molar-refractivity contribution is 6.50. The molecule has 0 fully saturated rings. The summed E-state index contributed by atoms with van der Waals surface area (Å²) in [6, 6.07) is 7.39. The van der Waals surface area contributed by atoms with Crippen molar-refractivity contribution >= 4 is 23.2 Å². The number of halogens is 4. The van der Waals surface area contributed by atoms with Crippen molar-refractivity contribution in [1.82, 2.24) is 0 Å². The molecule has 1 aliphatic rings. The van der Waals surface area contributed by atoms with Crippen LogP contribution in [0.25, 0.3) is 0 Å². The lowest BCUT2D eigenvalue weighted by Crippen LogP contribution is -2.20. The van der Waals surface area contributed by atoms with Gasteiger partial charge in [-0.25, -0.2) is 8.78 Å². The van der Waals surface area contributed by atoms with Crippen LogP contribution in [0.1, 0.15) is 17.5 Å². The summed E-state index contributed by atoms with van der Waals surface area (Å²) in [5.74, 6) is -2.81. The molecule has 0 saturated heterocycles. The van der Waals surface area contributed by atoms with E-state index in [0.29, 0.717) is 5.57 Å². The zero-order valence-corrected chi connectivity index (χ0v) is 11.3. The van der Waals surface area contributed by atoms with Crippen molar-refractivity contribution in [1.29, 1.82) is 0 Å². The lowest BCUT2D eigenvalue weighted by atomic mass is 9.94. The van der Waals surface area contributed by atoms with Gasteiger partial charge in [0.15, 0.2) is 4.33 Å². The average molecular weight is 289 g/mol. The average Bonchev–Trinajstić information content (AvgIpc) is 2.28. The summed E-state index contributed by atoms with van der Waals surface area (Å²) in [5, 5.41) is 0. The van der Waals surface area contributed by atoms with E-state index in [0.717, 1.165) is 17.2 Å². The number of allylic oxidation sites excluding steroid dienone is 4. The molecule has 1 aliphatic carbocycles. The molecule has 0 bridgehead atoms. The van der Waals surface area contributed by atoms with E-state index in [-0.39, 0.29) is 6.42 Å². The molecule has 0 spiro atoms. The number of alkyl halides is 4. The van der Waals surface area contributed by atoms with Gasteiger partial charge in [0, 0.05) is 6.42 Å². The molecular weight excluding hydrogens is 277 g/mol. The van der Waals surface area contributed by atoms with Gasteiger partial charge in [0.2, 0.25) is 0 Å². The minimum atomic E-state index is -2.81. The van der Waals surface area contributed by atoms with Crippen molar-refractivity contribution in [2.75, 3.05) is 0 Å². The first-order chi connectivity index (χ1) is 8.33. The number of hydrogen-bond donors (Lipinski definition) is 0. The monoisotopic (exact) mass is 288 g/mol. The zero-order valence-electron chi connectivity index (χ0n) is 9.76. The Morgan fingerprint density at radius 2 is 1.89 bits per heavy atom. The van der Waals surface area contributed by atoms with Crippen molar-refractivity contribution in [2.24, 2.45) is 0 Å². The van der Waals surface area contributed by atoms with Crippen LogP contribution >= 0.6 is 23.2 Å². The van der Waals surface area contributed by atoms with E-state index in [1.54, 1.807) is 6.07 Å². The SMILES string of the molecule is Cc1ccccc1C(Cl)(Cl)C1=CCC(F)(F)C=C1. The number of rotatable bonds is 2. The molecule has 0 nitrogen and oxygen atoms in total. The molecule has 1 aromatic carbocycles. The van der Waals surface area contributed by atoms with Gasteiger partial charge in [0.05, 0.1) is 0 Å². The lowest BCUT2D eigenvalue weighted by molar-refractivity contribution is 0.0570. The largest absolute Gasteiger partial charge is 0.270 e. The highest BCUT2D eigenvalue weighted by Crippen LogP contribution is 2.45. The van der Waals surface area contributed by atoms with Crippen molar-refractivity contribution in [3.05, 3.63) is 59.2 Å². The molecule has 0 atom stereocenters. The topological polar surface area (TPSA) is 0 Å². The van der Waals surface area contributed by atoms with E-state index in [1.807, 2.05) is 25.1 Å². The Morgan fingerprint density at radius 1 is 1.22 bits per heavy atom. The van der Waals surface area contributed by atoms with Gasteiger partial charge < -0.3 is 0 Å². The molecule has 0 radical (unpaired) electrons. The van der Waals surface area contributed by atoms with Crippen molar-refractivity contribution in [3.8, 4) is 0 Å². The number of hydrogen-bond acceptors (Lipinski definition) is 0. The predicted molar refractivity (Wildman–Crippen MR) is 71.4 cm³/mol. The van der Waals surface area contributed by atoms with Gasteiger partial charge in [0.1, 0.15) is 0 Å². The van der Waals surface area contributed by atoms with Crippen LogP contribution in [-0.2, 0) is 4.33 Å². The molecule has 4 heteroatoms. The smallest absolute Gasteiger partial charge is 0.202 e. The Hall–Kier alpha value is -0.860. The fraction of sp³-hybridized carbons (Fsp3) is 0.286. The fourth-order valence-electron chi connectivity index (χ4n) is 1.91. The van der Waals surface area contributed by atoms with Gasteiger partial charge in [-0.1, -0.05) is 59.6 Å². The molecule has 0 aliphatic heterocycles. The predicted octanol–water partition coefficient (Wildman–Crippen LogP) is 5.15. The van der Waals surface area contributed by atoms with Gasteiger partial charge in [-0.05, 0) is 29.7 Å². The molecule has 0 aromatic heterocycles. The van der Waals surface area contributed by atoms with Crippen molar-refractivity contribution in [2.45, 2.75) is 23.6 Å². The summed E-state index contributed by atoms with van der Waals surface area (Å²) in [6.45, 7) is 1.89. The van der Waals surface area contributed by atoms with E-state index >= 15 is 0 Å². The molecule has 2 rings (SSSR count). The third kappa shape index (κ3) is 2.60. The van der Waals surface area contributed by atoms with Gasteiger partial charge >= 0.3 is 0 Å². The highest BCUT2D eigenvalue weighted by Gasteiger charge is 2.35. The Labute approximate surface area is 115 Å². The van der Waals surface area contributed by atoms with E-state index in [1.165, 1.54) is 12.2 Å². The second kappa shape index (κ2) is 4.67. The Kier molecular flexibility index (Phi) is 3.52. The lowest BCUT2D eigenvalue weighted by Gasteiger charge is -2.26. The van der Waals surface area contributed by atoms with Crippen molar-refractivity contribution in [3.63, 3.8) is 0 Å². The molecule has 96 valence electrons. The fourth-order valence-corrected chi connectivity index (χ4v) is 2.61. The van der Waals surface area contributed by atoms with Crippen LogP contribution in [0.3, 0.4) is 0 Å². The van der Waals surface area contributed by atoms with Crippen LogP contribution in [0.15, 0.2) is 48.1 Å². The maximum Gasteiger partial charge on any atom is 0.270 e. The third-order valence-electron chi connectivity index (χ3n) is 2.95. The van der Waals surface area contributed by atoms with E-state index < -0.39 is 10.3 Å². The van der Waals surface area contributed by atoms with E-state index in [4.69, 9.17) is 23.2 Å². The van der Waals surface area contributed by atoms with Crippen molar-refractivity contribution < 1.29 is 8.78 Å². The molecule has 0 N–H and O–H groups in total. The quantitative estimate of drug-likeness (QED) is 0.661. The van der Waals surface area contributed by atoms with Crippen LogP contribution in [0.4, 0.5) is 8.78 Å². The summed E-state index contributed by atoms with van der Waals surface area (Å²) in [6.07, 6.45) is 3.18. The summed E-state index contributed by atoms with van der Waals surface area (Å²) < 4.78 is 24.8. The van der Waals surface area contributed by atoms with Gasteiger partial charge in [-0.2, -0.15) is 0 Å². The second-order valence-electron chi connectivity index (χ2n) is 4.35. The first-order valence-electron chi connectivity index (χ1n) is 5.54. The van der Waals surface area contributed by atoms with Gasteiger partial charge in [-0.3, -0.25) is 0 Å². The summed E-state index contributed by atoms with van der Waals surface area (Å²) >= 11 is 12.7. The minimum Gasteiger partial charge on any atom is -0.202 e. The van der Waals surface area contributed by atoms with Gasteiger partial charge in [-0.15, -0.1) is 0 Å². The summed E-state index contributed by atoms with van der Waals surface area (Å²) in [7, 11) is 0. The van der Waals surface area contributed by atoms with Crippen LogP contribution in [0.2, 0.25) is 0 Å². The van der Waals surface area contributed by atoms with E-state index in [9.17, 15) is 8.78 Å². The molecule has 1 aromatic rings. The van der Waals surface area contributed by atoms with Gasteiger partial charge in [0.25, 0.3) is 5.92 Å². The molecule has 18 heavy (non-hydrogen) atoms. The zero-order chi connectivity index (χ0) is 13.4. The third-order valence-corrected chi connectivity index (χ3v) is 3.79. The summed E-state index contributed by atoms with van der Waals surface area (Å²) in [5.41, 5.74) is 2.13. The minimum absolute atomic E-state index is 0.369. The molecule has 0 unspecified atom stereocenters. The molecule has 0 saturated carbocycles. The normalized spacial score (nSPS) is 18.6. The first kappa shape index (κ1) is 13.6. The number of benzene rings is 1. The van der Waals surface area contributed by atoms with Crippen LogP contribution in [0.5, 0.6) is 0 Å². The first-order valence-corrected chi connectivity index (χ1v) is 6.30. The van der Waals surface area contributed by atoms with Crippen LogP contribution in [-0.4, -0.2) is 5.92 Å². The summed E-state index contributed by atoms with van der Waals surface area (Å²) in [4.78, 5) is 0. The van der Waals surface area contributed by atoms with Crippen LogP contribution < -0.4 is 0 Å². The maximum atomic E-state index is 13.0. The van der Waals surface area contributed by atoms with Crippen LogP contribution in [0, 0.1) is 6.92 Å². The Morgan fingerprint density at radius 3 is 2.44 bits per heavy atom. The number of aryl methyl sites for hydroxylation is 1.